The number of nitrogens with zero attached hydrogens (tertiary/aromatic N) is 1. The highest BCUT2D eigenvalue weighted by molar-refractivity contribution is 14.0. The van der Waals surface area contributed by atoms with Crippen LogP contribution < -0.4 is 25.8 Å². The predicted octanol–water partition coefficient (Wildman–Crippen LogP) is 4.13. The largest absolute Gasteiger partial charge is 0.490 e. The summed E-state index contributed by atoms with van der Waals surface area (Å²) in [6, 6.07) is 13.2. The van der Waals surface area contributed by atoms with Crippen LogP contribution in [-0.2, 0) is 11.3 Å². The second kappa shape index (κ2) is 11.5. The van der Waals surface area contributed by atoms with Crippen molar-refractivity contribution in [2.24, 2.45) is 10.7 Å². The fourth-order valence-corrected chi connectivity index (χ4v) is 2.75. The number of fused-ring (bicyclic) bond motifs is 1. The van der Waals surface area contributed by atoms with Gasteiger partial charge in [-0.1, -0.05) is 19.1 Å². The molecule has 29 heavy (non-hydrogen) atoms. The van der Waals surface area contributed by atoms with Gasteiger partial charge in [0.1, 0.15) is 0 Å². The van der Waals surface area contributed by atoms with Crippen molar-refractivity contribution in [3.8, 4) is 11.5 Å². The Morgan fingerprint density at radius 1 is 1.03 bits per heavy atom. The molecule has 0 spiro atoms. The average molecular weight is 510 g/mol. The Kier molecular flexibility index (Phi) is 9.04. The van der Waals surface area contributed by atoms with E-state index in [0.717, 1.165) is 35.5 Å². The van der Waals surface area contributed by atoms with Crippen LogP contribution in [-0.4, -0.2) is 25.1 Å². The molecule has 0 radical (unpaired) electrons. The van der Waals surface area contributed by atoms with Crippen LogP contribution in [0.2, 0.25) is 0 Å². The fraction of sp³-hybridized carbons (Fsp3) is 0.333. The molecular formula is C21H27IN4O3. The van der Waals surface area contributed by atoms with Crippen molar-refractivity contribution in [2.45, 2.75) is 32.7 Å². The molecule has 4 N–H and O–H groups in total. The molecule has 0 bridgehead atoms. The van der Waals surface area contributed by atoms with E-state index in [1.165, 1.54) is 0 Å². The Hall–Kier alpha value is -2.49. The minimum absolute atomic E-state index is 0. The molecule has 0 fully saturated rings. The minimum atomic E-state index is 0. The number of aliphatic imine (C=N–C) groups is 1. The molecule has 3 rings (SSSR count). The predicted molar refractivity (Wildman–Crippen MR) is 126 cm³/mol. The molecule has 1 amide bonds. The molecule has 7 nitrogen and oxygen atoms in total. The zero-order chi connectivity index (χ0) is 19.8. The van der Waals surface area contributed by atoms with Crippen LogP contribution in [0, 0.1) is 0 Å². The molecule has 0 saturated carbocycles. The van der Waals surface area contributed by atoms with E-state index in [1.807, 2.05) is 49.4 Å². The number of nitrogens with one attached hydrogen (secondary N) is 2. The van der Waals surface area contributed by atoms with Crippen molar-refractivity contribution in [1.82, 2.24) is 0 Å². The summed E-state index contributed by atoms with van der Waals surface area (Å²) in [5.74, 6) is 1.78. The van der Waals surface area contributed by atoms with Gasteiger partial charge < -0.3 is 25.8 Å². The first-order valence-corrected chi connectivity index (χ1v) is 9.49. The molecule has 0 aromatic heterocycles. The van der Waals surface area contributed by atoms with Crippen molar-refractivity contribution >= 4 is 47.2 Å². The number of carbonyl (C=O) groups is 1. The molecule has 156 valence electrons. The van der Waals surface area contributed by atoms with Crippen LogP contribution >= 0.6 is 24.0 Å². The van der Waals surface area contributed by atoms with Gasteiger partial charge in [0, 0.05) is 30.3 Å². The molecule has 1 heterocycles. The lowest BCUT2D eigenvalue weighted by Gasteiger charge is -2.11. The van der Waals surface area contributed by atoms with Crippen LogP contribution in [0.15, 0.2) is 47.5 Å². The smallest absolute Gasteiger partial charge is 0.224 e. The van der Waals surface area contributed by atoms with Gasteiger partial charge in [-0.3, -0.25) is 4.79 Å². The van der Waals surface area contributed by atoms with E-state index < -0.39 is 0 Å². The summed E-state index contributed by atoms with van der Waals surface area (Å²) in [6.07, 6.45) is 2.21. The highest BCUT2D eigenvalue weighted by Crippen LogP contribution is 2.32. The molecule has 1 aliphatic heterocycles. The number of guanidine groups is 1. The zero-order valence-corrected chi connectivity index (χ0v) is 18.8. The molecule has 0 atom stereocenters. The van der Waals surface area contributed by atoms with Crippen LogP contribution in [0.4, 0.5) is 11.4 Å². The molecule has 0 saturated heterocycles. The molecule has 2 aromatic carbocycles. The molecule has 1 aliphatic rings. The van der Waals surface area contributed by atoms with Gasteiger partial charge in [0.2, 0.25) is 5.91 Å². The van der Waals surface area contributed by atoms with Gasteiger partial charge in [-0.2, -0.15) is 0 Å². The number of ether oxygens (including phenoxy) is 2. The summed E-state index contributed by atoms with van der Waals surface area (Å²) in [4.78, 5) is 16.0. The molecule has 0 aliphatic carbocycles. The highest BCUT2D eigenvalue weighted by Gasteiger charge is 2.10. The number of halogens is 1. The van der Waals surface area contributed by atoms with Crippen molar-refractivity contribution < 1.29 is 14.3 Å². The quantitative estimate of drug-likeness (QED) is 0.309. The maximum absolute atomic E-state index is 11.6. The summed E-state index contributed by atoms with van der Waals surface area (Å²) in [7, 11) is 0. The summed E-state index contributed by atoms with van der Waals surface area (Å²) < 4.78 is 11.3. The number of anilines is 2. The number of benzene rings is 2. The number of nitrogens with two attached hydrogens (primary N) is 1. The number of carbonyl (C=O) groups excluding carboxylic acids is 1. The topological polar surface area (TPSA) is 98.0 Å². The maximum atomic E-state index is 11.6. The van der Waals surface area contributed by atoms with Crippen LogP contribution in [0.3, 0.4) is 0 Å². The lowest BCUT2D eigenvalue weighted by molar-refractivity contribution is -0.116. The van der Waals surface area contributed by atoms with Gasteiger partial charge >= 0.3 is 0 Å². The number of rotatable bonds is 6. The van der Waals surface area contributed by atoms with Gasteiger partial charge in [-0.15, -0.1) is 24.0 Å². The van der Waals surface area contributed by atoms with E-state index in [0.29, 0.717) is 37.9 Å². The zero-order valence-electron chi connectivity index (χ0n) is 16.4. The summed E-state index contributed by atoms with van der Waals surface area (Å²) in [5.41, 5.74) is 8.57. The SMILES string of the molecule is CCCC(=O)Nc1ccc(CN=C(N)Nc2ccc3c(c2)OCCCO3)cc1.I. The molecule has 0 unspecified atom stereocenters. The van der Waals surface area contributed by atoms with Gasteiger partial charge in [-0.05, 0) is 36.2 Å². The lowest BCUT2D eigenvalue weighted by atomic mass is 10.2. The Balaban J connectivity index is 0.00000300. The van der Waals surface area contributed by atoms with Gasteiger partial charge in [-0.25, -0.2) is 4.99 Å². The van der Waals surface area contributed by atoms with E-state index in [2.05, 4.69) is 15.6 Å². The van der Waals surface area contributed by atoms with Gasteiger partial charge in [0.15, 0.2) is 17.5 Å². The van der Waals surface area contributed by atoms with E-state index in [1.54, 1.807) is 0 Å². The highest BCUT2D eigenvalue weighted by atomic mass is 127. The Morgan fingerprint density at radius 3 is 2.45 bits per heavy atom. The first kappa shape index (κ1) is 22.8. The molecule has 2 aromatic rings. The van der Waals surface area contributed by atoms with Crippen LogP contribution in [0.25, 0.3) is 0 Å². The van der Waals surface area contributed by atoms with Crippen LogP contribution in [0.1, 0.15) is 31.7 Å². The first-order valence-electron chi connectivity index (χ1n) is 9.49. The van der Waals surface area contributed by atoms with E-state index in [-0.39, 0.29) is 29.9 Å². The lowest BCUT2D eigenvalue weighted by Crippen LogP contribution is -2.22. The van der Waals surface area contributed by atoms with E-state index in [9.17, 15) is 4.79 Å². The van der Waals surface area contributed by atoms with Gasteiger partial charge in [0.05, 0.1) is 19.8 Å². The maximum Gasteiger partial charge on any atom is 0.224 e. The average Bonchev–Trinajstić information content (AvgIpc) is 2.92. The molecular weight excluding hydrogens is 483 g/mol. The molecule has 8 heteroatoms. The third-order valence-corrected chi connectivity index (χ3v) is 4.17. The second-order valence-electron chi connectivity index (χ2n) is 6.53. The summed E-state index contributed by atoms with van der Waals surface area (Å²) >= 11 is 0. The Morgan fingerprint density at radius 2 is 1.72 bits per heavy atom. The van der Waals surface area contributed by atoms with E-state index >= 15 is 0 Å². The summed E-state index contributed by atoms with van der Waals surface area (Å²) in [6.45, 7) is 3.71. The van der Waals surface area contributed by atoms with Crippen molar-refractivity contribution in [3.05, 3.63) is 48.0 Å². The normalized spacial score (nSPS) is 13.1. The second-order valence-corrected chi connectivity index (χ2v) is 6.53. The fourth-order valence-electron chi connectivity index (χ4n) is 2.75. The monoisotopic (exact) mass is 510 g/mol. The summed E-state index contributed by atoms with van der Waals surface area (Å²) in [5, 5.41) is 5.93. The number of hydrogen-bond acceptors (Lipinski definition) is 4. The Labute approximate surface area is 188 Å². The van der Waals surface area contributed by atoms with Crippen molar-refractivity contribution in [1.29, 1.82) is 0 Å². The third kappa shape index (κ3) is 7.12. The standard InChI is InChI=1S/C21H26N4O3.HI/c1-2-4-20(26)24-16-7-5-15(6-8-16)14-23-21(22)25-17-9-10-18-19(13-17)28-12-3-11-27-18;/h5-10,13H,2-4,11-12,14H2,1H3,(H,24,26)(H3,22,23,25);1H. The first-order chi connectivity index (χ1) is 13.6. The van der Waals surface area contributed by atoms with Crippen molar-refractivity contribution in [3.63, 3.8) is 0 Å². The number of hydrogen-bond donors (Lipinski definition) is 3. The number of amides is 1. The minimum Gasteiger partial charge on any atom is -0.490 e. The third-order valence-electron chi connectivity index (χ3n) is 4.17. The van der Waals surface area contributed by atoms with Crippen molar-refractivity contribution in [2.75, 3.05) is 23.8 Å². The van der Waals surface area contributed by atoms with Gasteiger partial charge in [0.25, 0.3) is 0 Å². The Bertz CT molecular complexity index is 840. The van der Waals surface area contributed by atoms with E-state index in [4.69, 9.17) is 15.2 Å². The van der Waals surface area contributed by atoms with Crippen LogP contribution in [0.5, 0.6) is 11.5 Å².